The second-order valence-electron chi connectivity index (χ2n) is 3.77. The van der Waals surface area contributed by atoms with Gasteiger partial charge in [-0.1, -0.05) is 12.1 Å². The number of hydrogen-bond donors (Lipinski definition) is 1. The van der Waals surface area contributed by atoms with Gasteiger partial charge >= 0.3 is 0 Å². The van der Waals surface area contributed by atoms with Gasteiger partial charge in [-0.25, -0.2) is 0 Å². The normalized spacial score (nSPS) is 10.1. The summed E-state index contributed by atoms with van der Waals surface area (Å²) in [4.78, 5) is 4.24. The van der Waals surface area contributed by atoms with Crippen molar-refractivity contribution >= 4 is 0 Å². The molecule has 4 nitrogen and oxygen atoms in total. The molecule has 18 heavy (non-hydrogen) atoms. The molecule has 94 valence electrons. The van der Waals surface area contributed by atoms with Gasteiger partial charge in [0.05, 0.1) is 12.8 Å². The van der Waals surface area contributed by atoms with Crippen molar-refractivity contribution in [2.45, 2.75) is 6.54 Å². The van der Waals surface area contributed by atoms with Crippen molar-refractivity contribution in [3.63, 3.8) is 0 Å². The molecule has 2 aromatic rings. The number of nitrogens with one attached hydrogen (secondary N) is 1. The highest BCUT2D eigenvalue weighted by Gasteiger charge is 2.04. The Labute approximate surface area is 107 Å². The third-order valence-electron chi connectivity index (χ3n) is 2.44. The molecule has 0 atom stereocenters. The predicted molar refractivity (Wildman–Crippen MR) is 70.1 cm³/mol. The second-order valence-corrected chi connectivity index (χ2v) is 3.77. The zero-order chi connectivity index (χ0) is 12.8. The average Bonchev–Trinajstić information content (AvgIpc) is 2.40. The molecule has 1 N–H and O–H groups in total. The molecule has 0 saturated heterocycles. The molecule has 1 aromatic carbocycles. The van der Waals surface area contributed by atoms with Crippen LogP contribution < -0.4 is 14.8 Å². The van der Waals surface area contributed by atoms with E-state index < -0.39 is 0 Å². The zero-order valence-electron chi connectivity index (χ0n) is 10.5. The van der Waals surface area contributed by atoms with Gasteiger partial charge in [-0.2, -0.15) is 0 Å². The van der Waals surface area contributed by atoms with Gasteiger partial charge in [0.1, 0.15) is 5.75 Å². The van der Waals surface area contributed by atoms with E-state index in [1.165, 1.54) is 0 Å². The van der Waals surface area contributed by atoms with Gasteiger partial charge in [0.2, 0.25) is 0 Å². The van der Waals surface area contributed by atoms with Crippen LogP contribution in [-0.2, 0) is 6.54 Å². The van der Waals surface area contributed by atoms with E-state index >= 15 is 0 Å². The summed E-state index contributed by atoms with van der Waals surface area (Å²) in [5.41, 5.74) is 0.935. The molecular formula is C14H16N2O2. The predicted octanol–water partition coefficient (Wildman–Crippen LogP) is 2.60. The van der Waals surface area contributed by atoms with E-state index in [1.54, 1.807) is 13.3 Å². The Bertz CT molecular complexity index is 515. The maximum absolute atomic E-state index is 5.79. The Morgan fingerprint density at radius 2 is 1.94 bits per heavy atom. The molecule has 0 unspecified atom stereocenters. The number of benzene rings is 1. The largest absolute Gasteiger partial charge is 0.493 e. The lowest BCUT2D eigenvalue weighted by Gasteiger charge is -2.10. The first-order valence-corrected chi connectivity index (χ1v) is 5.74. The van der Waals surface area contributed by atoms with Crippen molar-refractivity contribution in [2.24, 2.45) is 0 Å². The number of aromatic nitrogens is 1. The third kappa shape index (κ3) is 2.99. The first-order valence-electron chi connectivity index (χ1n) is 5.74. The molecule has 2 rings (SSSR count). The summed E-state index contributed by atoms with van der Waals surface area (Å²) in [5, 5.41) is 3.05. The van der Waals surface area contributed by atoms with E-state index in [9.17, 15) is 0 Å². The first kappa shape index (κ1) is 12.4. The summed E-state index contributed by atoms with van der Waals surface area (Å²) in [6.07, 6.45) is 1.73. The van der Waals surface area contributed by atoms with Crippen LogP contribution in [0.1, 0.15) is 5.69 Å². The maximum atomic E-state index is 5.79. The lowest BCUT2D eigenvalue weighted by molar-refractivity contribution is 0.378. The molecule has 0 fully saturated rings. The smallest absolute Gasteiger partial charge is 0.169 e. The van der Waals surface area contributed by atoms with Crippen LogP contribution in [0.25, 0.3) is 0 Å². The molecule has 0 aliphatic rings. The third-order valence-corrected chi connectivity index (χ3v) is 2.44. The van der Waals surface area contributed by atoms with Crippen LogP contribution in [0, 0.1) is 0 Å². The molecule has 0 aliphatic heterocycles. The molecule has 0 amide bonds. The van der Waals surface area contributed by atoms with Gasteiger partial charge < -0.3 is 14.8 Å². The lowest BCUT2D eigenvalue weighted by Crippen LogP contribution is -2.06. The van der Waals surface area contributed by atoms with Crippen molar-refractivity contribution < 1.29 is 9.47 Å². The number of ether oxygens (including phenoxy) is 2. The van der Waals surface area contributed by atoms with E-state index in [4.69, 9.17) is 9.47 Å². The summed E-state index contributed by atoms with van der Waals surface area (Å²) < 4.78 is 11.0. The number of methoxy groups -OCH3 is 1. The molecule has 0 radical (unpaired) electrons. The van der Waals surface area contributed by atoms with E-state index in [1.807, 2.05) is 43.4 Å². The van der Waals surface area contributed by atoms with Crippen molar-refractivity contribution in [1.82, 2.24) is 10.3 Å². The highest BCUT2D eigenvalue weighted by molar-refractivity contribution is 5.42. The highest BCUT2D eigenvalue weighted by atomic mass is 16.5. The fourth-order valence-electron chi connectivity index (χ4n) is 1.63. The quantitative estimate of drug-likeness (QED) is 0.878. The van der Waals surface area contributed by atoms with Crippen molar-refractivity contribution in [3.8, 4) is 17.2 Å². The molecule has 1 aromatic heterocycles. The summed E-state index contributed by atoms with van der Waals surface area (Å²) in [5.74, 6) is 2.16. The van der Waals surface area contributed by atoms with E-state index in [0.29, 0.717) is 18.0 Å². The second kappa shape index (κ2) is 6.02. The monoisotopic (exact) mass is 244 g/mol. The van der Waals surface area contributed by atoms with Gasteiger partial charge in [0.25, 0.3) is 0 Å². The Balaban J connectivity index is 2.20. The molecule has 0 spiro atoms. The lowest BCUT2D eigenvalue weighted by atomic mass is 10.3. The van der Waals surface area contributed by atoms with E-state index in [0.717, 1.165) is 11.4 Å². The Hall–Kier alpha value is -2.07. The molecule has 0 aliphatic carbocycles. The Kier molecular flexibility index (Phi) is 4.15. The highest BCUT2D eigenvalue weighted by Crippen LogP contribution is 2.30. The minimum absolute atomic E-state index is 0.696. The van der Waals surface area contributed by atoms with Crippen molar-refractivity contribution in [1.29, 1.82) is 0 Å². The zero-order valence-corrected chi connectivity index (χ0v) is 10.5. The van der Waals surface area contributed by atoms with Gasteiger partial charge in [0, 0.05) is 18.8 Å². The Morgan fingerprint density at radius 3 is 2.67 bits per heavy atom. The minimum atomic E-state index is 0.696. The number of hydrogen-bond acceptors (Lipinski definition) is 4. The Morgan fingerprint density at radius 1 is 1.17 bits per heavy atom. The van der Waals surface area contributed by atoms with Crippen LogP contribution in [0.5, 0.6) is 17.2 Å². The van der Waals surface area contributed by atoms with Crippen LogP contribution in [0.15, 0.2) is 42.6 Å². The summed E-state index contributed by atoms with van der Waals surface area (Å²) >= 11 is 0. The fourth-order valence-corrected chi connectivity index (χ4v) is 1.63. The average molecular weight is 244 g/mol. The first-order chi connectivity index (χ1) is 8.83. The number of para-hydroxylation sites is 2. The summed E-state index contributed by atoms with van der Waals surface area (Å²) in [6, 6.07) is 11.3. The summed E-state index contributed by atoms with van der Waals surface area (Å²) in [7, 11) is 3.51. The molecule has 1 heterocycles. The molecule has 0 saturated carbocycles. The van der Waals surface area contributed by atoms with Crippen molar-refractivity contribution in [3.05, 3.63) is 48.3 Å². The van der Waals surface area contributed by atoms with Crippen LogP contribution in [-0.4, -0.2) is 19.1 Å². The minimum Gasteiger partial charge on any atom is -0.493 e. The van der Waals surface area contributed by atoms with E-state index in [-0.39, 0.29) is 0 Å². The molecule has 0 bridgehead atoms. The van der Waals surface area contributed by atoms with Gasteiger partial charge in [0.15, 0.2) is 11.5 Å². The van der Waals surface area contributed by atoms with E-state index in [2.05, 4.69) is 10.3 Å². The number of pyridine rings is 1. The topological polar surface area (TPSA) is 43.4 Å². The van der Waals surface area contributed by atoms with Gasteiger partial charge in [-0.3, -0.25) is 4.98 Å². The van der Waals surface area contributed by atoms with Gasteiger partial charge in [-0.15, -0.1) is 0 Å². The van der Waals surface area contributed by atoms with Crippen LogP contribution in [0.2, 0.25) is 0 Å². The molecule has 4 heteroatoms. The number of rotatable bonds is 5. The van der Waals surface area contributed by atoms with Crippen LogP contribution >= 0.6 is 0 Å². The standard InChI is InChI=1S/C14H16N2O2/c1-15-10-11-9-12(7-8-16-11)18-14-6-4-3-5-13(14)17-2/h3-9,15H,10H2,1-2H3. The molecular weight excluding hydrogens is 228 g/mol. The fraction of sp³-hybridized carbons (Fsp3) is 0.214. The number of nitrogens with zero attached hydrogens (tertiary/aromatic N) is 1. The van der Waals surface area contributed by atoms with Crippen molar-refractivity contribution in [2.75, 3.05) is 14.2 Å². The summed E-state index contributed by atoms with van der Waals surface area (Å²) in [6.45, 7) is 0.711. The SMILES string of the molecule is CNCc1cc(Oc2ccccc2OC)ccn1. The van der Waals surface area contributed by atoms with Gasteiger partial charge in [-0.05, 0) is 25.2 Å². The van der Waals surface area contributed by atoms with Crippen LogP contribution in [0.4, 0.5) is 0 Å². The maximum Gasteiger partial charge on any atom is 0.169 e. The van der Waals surface area contributed by atoms with Crippen LogP contribution in [0.3, 0.4) is 0 Å².